The highest BCUT2D eigenvalue weighted by atomic mass is 16.5. The number of hydrogen-bond acceptors (Lipinski definition) is 2. The van der Waals surface area contributed by atoms with E-state index in [1.54, 1.807) is 0 Å². The fraction of sp³-hybridized carbons (Fsp3) is 0.346. The average Bonchev–Trinajstić information content (AvgIpc) is 3.44. The van der Waals surface area contributed by atoms with E-state index in [4.69, 9.17) is 4.74 Å². The fourth-order valence-corrected chi connectivity index (χ4v) is 6.38. The molecule has 1 fully saturated rings. The van der Waals surface area contributed by atoms with Crippen molar-refractivity contribution in [2.75, 3.05) is 6.61 Å². The number of rotatable bonds is 3. The number of fused-ring (bicyclic) bond motifs is 6. The number of aromatic amines is 2. The summed E-state index contributed by atoms with van der Waals surface area (Å²) in [7, 11) is 0. The average molecular weight is 399 g/mol. The second kappa shape index (κ2) is 6.49. The van der Waals surface area contributed by atoms with Gasteiger partial charge >= 0.3 is 5.97 Å². The van der Waals surface area contributed by atoms with E-state index in [1.807, 2.05) is 6.92 Å². The van der Waals surface area contributed by atoms with Crippen LogP contribution in [0.1, 0.15) is 55.3 Å². The number of ether oxygens (including phenoxy) is 1. The van der Waals surface area contributed by atoms with Crippen molar-refractivity contribution in [3.63, 3.8) is 0 Å². The molecule has 2 aromatic heterocycles. The standard InChI is InChI=1S/C26H26N2O2/c1-2-30-25(29)26-14-8-7-11-19(26)22(18-15-27-20-12-5-3-9-16(18)20)24-23(26)17-10-4-6-13-21(17)28-24/h3-6,9-10,12-13,15,19,22,27-28H,2,7-8,11,14H2,1H3/t19-,22-,26+/m0/s1. The van der Waals surface area contributed by atoms with Crippen LogP contribution in [0.5, 0.6) is 0 Å². The van der Waals surface area contributed by atoms with E-state index in [-0.39, 0.29) is 17.8 Å². The largest absolute Gasteiger partial charge is 0.465 e. The second-order valence-corrected chi connectivity index (χ2v) is 8.77. The normalized spacial score (nSPS) is 25.4. The molecule has 2 aromatic carbocycles. The molecular formula is C26H26N2O2. The molecule has 2 aliphatic rings. The molecule has 4 heteroatoms. The zero-order valence-electron chi connectivity index (χ0n) is 17.2. The molecule has 2 aliphatic carbocycles. The number of carbonyl (C=O) groups excluding carboxylic acids is 1. The number of benzene rings is 2. The summed E-state index contributed by atoms with van der Waals surface area (Å²) in [6.07, 6.45) is 6.28. The van der Waals surface area contributed by atoms with Crippen LogP contribution in [0.15, 0.2) is 54.7 Å². The molecule has 2 heterocycles. The van der Waals surface area contributed by atoms with Gasteiger partial charge in [-0.3, -0.25) is 4.79 Å². The highest BCUT2D eigenvalue weighted by Crippen LogP contribution is 2.62. The molecular weight excluding hydrogens is 372 g/mol. The first-order valence-electron chi connectivity index (χ1n) is 11.1. The minimum absolute atomic E-state index is 0.0388. The summed E-state index contributed by atoms with van der Waals surface area (Å²) in [5.41, 5.74) is 5.38. The maximum absolute atomic E-state index is 13.6. The summed E-state index contributed by atoms with van der Waals surface area (Å²) < 4.78 is 5.75. The smallest absolute Gasteiger partial charge is 0.316 e. The maximum Gasteiger partial charge on any atom is 0.316 e. The molecule has 3 atom stereocenters. The molecule has 0 amide bonds. The fourth-order valence-electron chi connectivity index (χ4n) is 6.38. The number of hydrogen-bond donors (Lipinski definition) is 2. The molecule has 0 aliphatic heterocycles. The van der Waals surface area contributed by atoms with Gasteiger partial charge in [0.2, 0.25) is 0 Å². The van der Waals surface area contributed by atoms with Crippen LogP contribution in [-0.4, -0.2) is 22.5 Å². The van der Waals surface area contributed by atoms with Crippen molar-refractivity contribution < 1.29 is 9.53 Å². The number of para-hydroxylation sites is 2. The predicted molar refractivity (Wildman–Crippen MR) is 119 cm³/mol. The van der Waals surface area contributed by atoms with Gasteiger partial charge in [-0.15, -0.1) is 0 Å². The molecule has 1 saturated carbocycles. The summed E-state index contributed by atoms with van der Waals surface area (Å²) in [5, 5.41) is 2.42. The van der Waals surface area contributed by atoms with Crippen LogP contribution < -0.4 is 0 Å². The third kappa shape index (κ3) is 2.19. The second-order valence-electron chi connectivity index (χ2n) is 8.77. The monoisotopic (exact) mass is 398 g/mol. The SMILES string of the molecule is CCOC(=O)[C@]12CCCC[C@H]1[C@H](c1c[nH]c3ccccc13)c1[nH]c3ccccc3c12. The summed E-state index contributed by atoms with van der Waals surface area (Å²) in [6, 6.07) is 16.9. The van der Waals surface area contributed by atoms with Gasteiger partial charge in [0.15, 0.2) is 0 Å². The van der Waals surface area contributed by atoms with Crippen LogP contribution >= 0.6 is 0 Å². The van der Waals surface area contributed by atoms with Gasteiger partial charge in [0, 0.05) is 39.6 Å². The zero-order chi connectivity index (χ0) is 20.3. The Balaban J connectivity index is 1.67. The van der Waals surface area contributed by atoms with E-state index < -0.39 is 5.41 Å². The van der Waals surface area contributed by atoms with Crippen molar-refractivity contribution in [2.24, 2.45) is 5.92 Å². The molecule has 0 saturated heterocycles. The van der Waals surface area contributed by atoms with E-state index in [9.17, 15) is 4.79 Å². The highest BCUT2D eigenvalue weighted by Gasteiger charge is 2.60. The first kappa shape index (κ1) is 17.8. The molecule has 30 heavy (non-hydrogen) atoms. The van der Waals surface area contributed by atoms with Crippen LogP contribution in [0.2, 0.25) is 0 Å². The Morgan fingerprint density at radius 1 is 1.07 bits per heavy atom. The minimum Gasteiger partial charge on any atom is -0.465 e. The molecule has 0 unspecified atom stereocenters. The lowest BCUT2D eigenvalue weighted by Crippen LogP contribution is -2.44. The van der Waals surface area contributed by atoms with Gasteiger partial charge < -0.3 is 14.7 Å². The van der Waals surface area contributed by atoms with Gasteiger partial charge in [0.1, 0.15) is 0 Å². The van der Waals surface area contributed by atoms with Gasteiger partial charge in [-0.2, -0.15) is 0 Å². The van der Waals surface area contributed by atoms with Crippen molar-refractivity contribution in [3.05, 3.63) is 71.5 Å². The van der Waals surface area contributed by atoms with Gasteiger partial charge in [-0.25, -0.2) is 0 Å². The number of aromatic nitrogens is 2. The molecule has 0 bridgehead atoms. The van der Waals surface area contributed by atoms with Gasteiger partial charge in [0.25, 0.3) is 0 Å². The predicted octanol–water partition coefficient (Wildman–Crippen LogP) is 5.79. The number of carbonyl (C=O) groups is 1. The van der Waals surface area contributed by atoms with Gasteiger partial charge in [-0.1, -0.05) is 49.2 Å². The Bertz CT molecular complexity index is 1270. The molecule has 6 rings (SSSR count). The molecule has 2 N–H and O–H groups in total. The Hall–Kier alpha value is -3.01. The molecule has 0 radical (unpaired) electrons. The molecule has 152 valence electrons. The van der Waals surface area contributed by atoms with Crippen LogP contribution in [0, 0.1) is 5.92 Å². The topological polar surface area (TPSA) is 57.9 Å². The van der Waals surface area contributed by atoms with Crippen molar-refractivity contribution in [1.82, 2.24) is 9.97 Å². The van der Waals surface area contributed by atoms with E-state index in [0.717, 1.165) is 36.7 Å². The highest BCUT2D eigenvalue weighted by molar-refractivity contribution is 5.97. The lowest BCUT2D eigenvalue weighted by atomic mass is 9.63. The number of esters is 1. The van der Waals surface area contributed by atoms with Crippen molar-refractivity contribution in [1.29, 1.82) is 0 Å². The Morgan fingerprint density at radius 2 is 1.83 bits per heavy atom. The summed E-state index contributed by atoms with van der Waals surface area (Å²) >= 11 is 0. The third-order valence-corrected chi connectivity index (χ3v) is 7.46. The maximum atomic E-state index is 13.6. The van der Waals surface area contributed by atoms with E-state index in [2.05, 4.69) is 64.7 Å². The first-order valence-corrected chi connectivity index (χ1v) is 11.1. The lowest BCUT2D eigenvalue weighted by Gasteiger charge is -2.40. The van der Waals surface area contributed by atoms with Crippen LogP contribution in [-0.2, 0) is 14.9 Å². The number of H-pyrrole nitrogens is 2. The Morgan fingerprint density at radius 3 is 2.67 bits per heavy atom. The zero-order valence-corrected chi connectivity index (χ0v) is 17.2. The first-order chi connectivity index (χ1) is 14.8. The van der Waals surface area contributed by atoms with Crippen molar-refractivity contribution in [2.45, 2.75) is 43.9 Å². The molecule has 0 spiro atoms. The van der Waals surface area contributed by atoms with E-state index >= 15 is 0 Å². The Labute approximate surface area is 175 Å². The van der Waals surface area contributed by atoms with Gasteiger partial charge in [-0.05, 0) is 48.9 Å². The van der Waals surface area contributed by atoms with Crippen LogP contribution in [0.4, 0.5) is 0 Å². The lowest BCUT2D eigenvalue weighted by molar-refractivity contribution is -0.153. The summed E-state index contributed by atoms with van der Waals surface area (Å²) in [4.78, 5) is 20.8. The van der Waals surface area contributed by atoms with Gasteiger partial charge in [0.05, 0.1) is 12.0 Å². The van der Waals surface area contributed by atoms with E-state index in [1.165, 1.54) is 27.6 Å². The van der Waals surface area contributed by atoms with Crippen LogP contribution in [0.3, 0.4) is 0 Å². The summed E-state index contributed by atoms with van der Waals surface area (Å²) in [5.74, 6) is 0.340. The molecule has 4 aromatic rings. The van der Waals surface area contributed by atoms with Crippen molar-refractivity contribution >= 4 is 27.8 Å². The van der Waals surface area contributed by atoms with Crippen molar-refractivity contribution in [3.8, 4) is 0 Å². The van der Waals surface area contributed by atoms with E-state index in [0.29, 0.717) is 6.61 Å². The molecule has 4 nitrogen and oxygen atoms in total. The quantitative estimate of drug-likeness (QED) is 0.429. The minimum atomic E-state index is -0.563. The third-order valence-electron chi connectivity index (χ3n) is 7.46. The van der Waals surface area contributed by atoms with Crippen LogP contribution in [0.25, 0.3) is 21.8 Å². The Kier molecular flexibility index (Phi) is 3.86. The number of nitrogens with one attached hydrogen (secondary N) is 2. The summed E-state index contributed by atoms with van der Waals surface area (Å²) in [6.45, 7) is 2.33.